The van der Waals surface area contributed by atoms with Crippen LogP contribution in [0.1, 0.15) is 11.3 Å². The van der Waals surface area contributed by atoms with E-state index in [9.17, 15) is 4.39 Å². The zero-order valence-corrected chi connectivity index (χ0v) is 9.89. The molecular weight excluding hydrogens is 233 g/mol. The molecule has 0 atom stereocenters. The minimum absolute atomic E-state index is 0.217. The summed E-state index contributed by atoms with van der Waals surface area (Å²) in [6.45, 7) is 2.67. The Morgan fingerprint density at radius 1 is 1.39 bits per heavy atom. The average Bonchev–Trinajstić information content (AvgIpc) is 2.94. The second-order valence-corrected chi connectivity index (χ2v) is 4.24. The molecule has 0 amide bonds. The van der Waals surface area contributed by atoms with E-state index < -0.39 is 0 Å². The fourth-order valence-electron chi connectivity index (χ4n) is 2.19. The first-order valence-electron chi connectivity index (χ1n) is 5.71. The van der Waals surface area contributed by atoms with Gasteiger partial charge in [-0.05, 0) is 47.5 Å². The molecule has 0 unspecified atom stereocenters. The molecule has 3 aromatic rings. The first-order chi connectivity index (χ1) is 8.74. The van der Waals surface area contributed by atoms with E-state index in [1.165, 1.54) is 6.07 Å². The molecule has 0 bridgehead atoms. The molecule has 0 aliphatic heterocycles. The van der Waals surface area contributed by atoms with Crippen molar-refractivity contribution < 1.29 is 4.39 Å². The van der Waals surface area contributed by atoms with Crippen LogP contribution in [0.15, 0.2) is 24.5 Å². The minimum Gasteiger partial charge on any atom is -0.358 e. The SMILES string of the molecule is Cc1[nH]c2ccc(F)cc2c1CCn1cnnn1. The minimum atomic E-state index is -0.217. The van der Waals surface area contributed by atoms with Crippen molar-refractivity contribution >= 4 is 10.9 Å². The molecule has 0 spiro atoms. The van der Waals surface area contributed by atoms with Crippen molar-refractivity contribution in [1.29, 1.82) is 0 Å². The number of benzene rings is 1. The smallest absolute Gasteiger partial charge is 0.138 e. The first-order valence-corrected chi connectivity index (χ1v) is 5.71. The summed E-state index contributed by atoms with van der Waals surface area (Å²) in [5, 5.41) is 11.9. The fourth-order valence-corrected chi connectivity index (χ4v) is 2.19. The molecule has 1 aromatic carbocycles. The second kappa shape index (κ2) is 4.21. The number of rotatable bonds is 3. The van der Waals surface area contributed by atoms with Crippen molar-refractivity contribution in [1.82, 2.24) is 25.2 Å². The molecule has 0 saturated carbocycles. The third-order valence-corrected chi connectivity index (χ3v) is 3.06. The van der Waals surface area contributed by atoms with Gasteiger partial charge in [-0.2, -0.15) is 0 Å². The molecule has 0 aliphatic carbocycles. The van der Waals surface area contributed by atoms with Crippen molar-refractivity contribution in [3.63, 3.8) is 0 Å². The zero-order chi connectivity index (χ0) is 12.5. The predicted molar refractivity (Wildman–Crippen MR) is 64.5 cm³/mol. The summed E-state index contributed by atoms with van der Waals surface area (Å²) < 4.78 is 15.0. The van der Waals surface area contributed by atoms with E-state index in [4.69, 9.17) is 0 Å². The Kier molecular flexibility index (Phi) is 2.55. The lowest BCUT2D eigenvalue weighted by atomic mass is 10.1. The fraction of sp³-hybridized carbons (Fsp3) is 0.250. The van der Waals surface area contributed by atoms with E-state index in [0.29, 0.717) is 6.54 Å². The number of nitrogens with zero attached hydrogens (tertiary/aromatic N) is 4. The van der Waals surface area contributed by atoms with Crippen molar-refractivity contribution in [2.24, 2.45) is 0 Å². The number of nitrogens with one attached hydrogen (secondary N) is 1. The Morgan fingerprint density at radius 3 is 3.06 bits per heavy atom. The highest BCUT2D eigenvalue weighted by molar-refractivity contribution is 5.84. The van der Waals surface area contributed by atoms with Crippen LogP contribution in [0.3, 0.4) is 0 Å². The van der Waals surface area contributed by atoms with Crippen LogP contribution in [-0.2, 0) is 13.0 Å². The Hall–Kier alpha value is -2.24. The number of aromatic nitrogens is 5. The Bertz CT molecular complexity index is 671. The summed E-state index contributed by atoms with van der Waals surface area (Å²) in [6.07, 6.45) is 2.34. The third kappa shape index (κ3) is 1.85. The summed E-state index contributed by atoms with van der Waals surface area (Å²) in [5.41, 5.74) is 3.13. The Balaban J connectivity index is 1.95. The predicted octanol–water partition coefficient (Wildman–Crippen LogP) is 1.84. The molecular formula is C12H12FN5. The molecule has 0 fully saturated rings. The van der Waals surface area contributed by atoms with E-state index in [1.54, 1.807) is 23.1 Å². The maximum absolute atomic E-state index is 13.3. The molecule has 5 nitrogen and oxygen atoms in total. The standard InChI is InChI=1S/C12H12FN5/c1-8-10(4-5-18-7-14-16-17-18)11-6-9(13)2-3-12(11)15-8/h2-3,6-7,15H,4-5H2,1H3. The Labute approximate surface area is 103 Å². The quantitative estimate of drug-likeness (QED) is 0.766. The van der Waals surface area contributed by atoms with Gasteiger partial charge in [0.25, 0.3) is 0 Å². The average molecular weight is 245 g/mol. The van der Waals surface area contributed by atoms with Crippen LogP contribution in [0.2, 0.25) is 0 Å². The highest BCUT2D eigenvalue weighted by atomic mass is 19.1. The largest absolute Gasteiger partial charge is 0.358 e. The Morgan fingerprint density at radius 2 is 2.28 bits per heavy atom. The van der Waals surface area contributed by atoms with Gasteiger partial charge in [-0.15, -0.1) is 5.10 Å². The van der Waals surface area contributed by atoms with Gasteiger partial charge in [0.1, 0.15) is 12.1 Å². The molecule has 0 saturated heterocycles. The van der Waals surface area contributed by atoms with Crippen LogP contribution in [0, 0.1) is 12.7 Å². The van der Waals surface area contributed by atoms with E-state index in [0.717, 1.165) is 28.6 Å². The number of aromatic amines is 1. The van der Waals surface area contributed by atoms with Crippen molar-refractivity contribution in [3.8, 4) is 0 Å². The van der Waals surface area contributed by atoms with E-state index in [2.05, 4.69) is 20.5 Å². The summed E-state index contributed by atoms with van der Waals surface area (Å²) in [7, 11) is 0. The maximum atomic E-state index is 13.3. The lowest BCUT2D eigenvalue weighted by Crippen LogP contribution is -2.02. The molecule has 2 heterocycles. The van der Waals surface area contributed by atoms with Crippen LogP contribution >= 0.6 is 0 Å². The highest BCUT2D eigenvalue weighted by Gasteiger charge is 2.09. The second-order valence-electron chi connectivity index (χ2n) is 4.24. The molecule has 1 N–H and O–H groups in total. The van der Waals surface area contributed by atoms with E-state index >= 15 is 0 Å². The van der Waals surface area contributed by atoms with E-state index in [1.807, 2.05) is 6.92 Å². The first kappa shape index (κ1) is 10.9. The third-order valence-electron chi connectivity index (χ3n) is 3.06. The molecule has 6 heteroatoms. The number of hydrogen-bond acceptors (Lipinski definition) is 3. The zero-order valence-electron chi connectivity index (χ0n) is 9.89. The van der Waals surface area contributed by atoms with Gasteiger partial charge in [0.2, 0.25) is 0 Å². The number of halogens is 1. The van der Waals surface area contributed by atoms with E-state index in [-0.39, 0.29) is 5.82 Å². The van der Waals surface area contributed by atoms with Gasteiger partial charge < -0.3 is 4.98 Å². The van der Waals surface area contributed by atoms with Gasteiger partial charge in [-0.25, -0.2) is 9.07 Å². The molecule has 3 rings (SSSR count). The van der Waals surface area contributed by atoms with Crippen LogP contribution < -0.4 is 0 Å². The van der Waals surface area contributed by atoms with Gasteiger partial charge in [-0.1, -0.05) is 0 Å². The molecule has 0 radical (unpaired) electrons. The molecule has 0 aliphatic rings. The van der Waals surface area contributed by atoms with Gasteiger partial charge in [0.15, 0.2) is 0 Å². The summed E-state index contributed by atoms with van der Waals surface area (Å²) in [4.78, 5) is 3.26. The molecule has 92 valence electrons. The molecule has 2 aromatic heterocycles. The van der Waals surface area contributed by atoms with Gasteiger partial charge in [0.05, 0.1) is 0 Å². The summed E-state index contributed by atoms with van der Waals surface area (Å²) >= 11 is 0. The number of tetrazole rings is 1. The normalized spacial score (nSPS) is 11.2. The lowest BCUT2D eigenvalue weighted by Gasteiger charge is -2.01. The number of fused-ring (bicyclic) bond motifs is 1. The van der Waals surface area contributed by atoms with Gasteiger partial charge >= 0.3 is 0 Å². The number of H-pyrrole nitrogens is 1. The topological polar surface area (TPSA) is 59.4 Å². The lowest BCUT2D eigenvalue weighted by molar-refractivity contribution is 0.588. The van der Waals surface area contributed by atoms with Crippen molar-refractivity contribution in [2.75, 3.05) is 0 Å². The van der Waals surface area contributed by atoms with Crippen LogP contribution in [-0.4, -0.2) is 25.2 Å². The summed E-state index contributed by atoms with van der Waals surface area (Å²) in [5.74, 6) is -0.217. The van der Waals surface area contributed by atoms with Gasteiger partial charge in [0, 0.05) is 23.1 Å². The van der Waals surface area contributed by atoms with Crippen LogP contribution in [0.25, 0.3) is 10.9 Å². The van der Waals surface area contributed by atoms with Crippen LogP contribution in [0.4, 0.5) is 4.39 Å². The van der Waals surface area contributed by atoms with Crippen molar-refractivity contribution in [3.05, 3.63) is 41.6 Å². The highest BCUT2D eigenvalue weighted by Crippen LogP contribution is 2.23. The van der Waals surface area contributed by atoms with Crippen molar-refractivity contribution in [2.45, 2.75) is 19.9 Å². The number of aryl methyl sites for hydroxylation is 3. The van der Waals surface area contributed by atoms with Gasteiger partial charge in [-0.3, -0.25) is 0 Å². The number of hydrogen-bond donors (Lipinski definition) is 1. The molecule has 18 heavy (non-hydrogen) atoms. The maximum Gasteiger partial charge on any atom is 0.138 e. The van der Waals surface area contributed by atoms with Crippen LogP contribution in [0.5, 0.6) is 0 Å². The monoisotopic (exact) mass is 245 g/mol. The summed E-state index contributed by atoms with van der Waals surface area (Å²) in [6, 6.07) is 4.79.